The predicted octanol–water partition coefficient (Wildman–Crippen LogP) is 15.8. The van der Waals surface area contributed by atoms with Crippen LogP contribution in [0.2, 0.25) is 24.2 Å². The lowest BCUT2D eigenvalue weighted by molar-refractivity contribution is 0.645. The molecule has 2 aliphatic carbocycles. The molecule has 14 rings (SSSR count). The van der Waals surface area contributed by atoms with Crippen molar-refractivity contribution in [1.82, 2.24) is 0 Å². The van der Waals surface area contributed by atoms with Crippen molar-refractivity contribution >= 4 is 104 Å². The van der Waals surface area contributed by atoms with Gasteiger partial charge < -0.3 is 9.80 Å². The molecule has 0 saturated carbocycles. The van der Waals surface area contributed by atoms with Crippen LogP contribution in [0.15, 0.2) is 200 Å². The normalized spacial score (nSPS) is 20.4. The summed E-state index contributed by atoms with van der Waals surface area (Å²) in [5.41, 5.74) is 14.7. The van der Waals surface area contributed by atoms with E-state index in [9.17, 15) is 0 Å². The van der Waals surface area contributed by atoms with Crippen LogP contribution in [0, 0.1) is 5.92 Å². The molecule has 0 amide bonds. The van der Waals surface area contributed by atoms with Gasteiger partial charge in [-0.2, -0.15) is 0 Å². The Labute approximate surface area is 409 Å². The van der Waals surface area contributed by atoms with E-state index in [1.54, 1.807) is 15.6 Å². The van der Waals surface area contributed by atoms with E-state index < -0.39 is 16.1 Å². The van der Waals surface area contributed by atoms with Gasteiger partial charge in [-0.25, -0.2) is 0 Å². The Kier molecular flexibility index (Phi) is 9.05. The second-order valence-electron chi connectivity index (χ2n) is 21.5. The van der Waals surface area contributed by atoms with Gasteiger partial charge in [-0.05, 0) is 155 Å². The van der Waals surface area contributed by atoms with Crippen molar-refractivity contribution in [2.24, 2.45) is 5.92 Å². The zero-order valence-electron chi connectivity index (χ0n) is 40.0. The van der Waals surface area contributed by atoms with Crippen molar-refractivity contribution in [3.8, 4) is 0 Å². The SMILES string of the molecule is C=CC1=C(C=C)[Si]2(CCCC2)c2ccccc2N1c1ccc2ccc3c(/C=C/C4C=C5C(=CC4)c4ccc(N6c7ccccc7[Si]7(CCCC7)c7ccccc76)cc4C5(C)C)ccc4ccc1c2c43. The maximum atomic E-state index is 4.46. The minimum atomic E-state index is -1.92. The van der Waals surface area contributed by atoms with E-state index in [0.29, 0.717) is 5.92 Å². The fourth-order valence-electron chi connectivity index (χ4n) is 14.8. The number of rotatable bonds is 6. The summed E-state index contributed by atoms with van der Waals surface area (Å²) in [4.78, 5) is 5.11. The molecule has 4 heterocycles. The molecule has 69 heavy (non-hydrogen) atoms. The van der Waals surface area contributed by atoms with Crippen molar-refractivity contribution in [3.63, 3.8) is 0 Å². The topological polar surface area (TPSA) is 6.48 Å². The van der Waals surface area contributed by atoms with E-state index in [4.69, 9.17) is 0 Å². The Balaban J connectivity index is 0.819. The Bertz CT molecular complexity index is 3590. The fraction of sp³-hybridized carbons (Fsp3) is 0.200. The minimum Gasteiger partial charge on any atom is -0.311 e. The molecule has 8 aromatic carbocycles. The summed E-state index contributed by atoms with van der Waals surface area (Å²) in [6.45, 7) is 13.8. The number of hydrogen-bond acceptors (Lipinski definition) is 2. The lowest BCUT2D eigenvalue weighted by Gasteiger charge is -2.43. The van der Waals surface area contributed by atoms with Gasteiger partial charge in [0.15, 0.2) is 0 Å². The Morgan fingerprint density at radius 1 is 0.580 bits per heavy atom. The lowest BCUT2D eigenvalue weighted by atomic mass is 9.78. The summed E-state index contributed by atoms with van der Waals surface area (Å²) in [6, 6.07) is 59.5. The second-order valence-corrected chi connectivity index (χ2v) is 30.0. The van der Waals surface area contributed by atoms with Crippen LogP contribution in [0.1, 0.15) is 62.6 Å². The minimum absolute atomic E-state index is 0.119. The number of nitrogens with zero attached hydrogens (tertiary/aromatic N) is 2. The summed E-state index contributed by atoms with van der Waals surface area (Å²) < 4.78 is 0. The molecule has 4 aliphatic heterocycles. The molecular weight excluding hydrogens is 865 g/mol. The van der Waals surface area contributed by atoms with E-state index in [1.165, 1.54) is 149 Å². The summed E-state index contributed by atoms with van der Waals surface area (Å²) in [7, 11) is -3.71. The van der Waals surface area contributed by atoms with E-state index in [1.807, 2.05) is 0 Å². The van der Waals surface area contributed by atoms with Crippen molar-refractivity contribution in [2.75, 3.05) is 9.80 Å². The molecule has 6 aliphatic rings. The van der Waals surface area contributed by atoms with E-state index in [2.05, 4.69) is 213 Å². The smallest absolute Gasteiger partial charge is 0.123 e. The molecule has 2 spiro atoms. The Hall–Kier alpha value is -6.73. The van der Waals surface area contributed by atoms with Crippen LogP contribution in [0.5, 0.6) is 0 Å². The van der Waals surface area contributed by atoms with Crippen LogP contribution in [0.4, 0.5) is 28.4 Å². The number of anilines is 5. The van der Waals surface area contributed by atoms with Crippen LogP contribution < -0.4 is 25.4 Å². The highest BCUT2D eigenvalue weighted by Gasteiger charge is 2.49. The maximum Gasteiger partial charge on any atom is 0.123 e. The summed E-state index contributed by atoms with van der Waals surface area (Å²) in [5, 5.41) is 14.1. The highest BCUT2D eigenvalue weighted by atomic mass is 28.3. The average Bonchev–Trinajstić information content (AvgIpc) is 4.14. The number of benzene rings is 8. The van der Waals surface area contributed by atoms with Crippen molar-refractivity contribution in [1.29, 1.82) is 0 Å². The monoisotopic (exact) mass is 922 g/mol. The molecule has 0 N–H and O–H groups in total. The van der Waals surface area contributed by atoms with Gasteiger partial charge in [-0.15, -0.1) is 0 Å². The maximum absolute atomic E-state index is 4.46. The predicted molar refractivity (Wildman–Crippen MR) is 302 cm³/mol. The van der Waals surface area contributed by atoms with E-state index in [-0.39, 0.29) is 5.41 Å². The third-order valence-electron chi connectivity index (χ3n) is 17.9. The van der Waals surface area contributed by atoms with E-state index >= 15 is 0 Å². The van der Waals surface area contributed by atoms with Crippen LogP contribution in [0.3, 0.4) is 0 Å². The standard InChI is InChI=1S/C65H58N2Si2/c1-5-54-59(6-2)68(37-13-14-38-68)62-22-12-9-19-58(62)67(54)55-36-30-46-28-33-48-44(26-27-45-29-34-51(55)64(46)63(45)48)25-23-43-24-32-49-50-35-31-47(42-53(50)65(3,4)52(49)41-43)66-56-17-7-10-20-60(56)69(39-15-16-40-69)61-21-11-8-18-57(61)66/h5-12,17-23,25-36,41-43H,1-2,13-16,24,37-40H2,3-4H3/b25-23+. The molecule has 336 valence electrons. The molecule has 2 saturated heterocycles. The van der Waals surface area contributed by atoms with Gasteiger partial charge in [0.2, 0.25) is 0 Å². The van der Waals surface area contributed by atoms with Gasteiger partial charge in [0.05, 0.1) is 5.69 Å². The molecule has 8 aromatic rings. The van der Waals surface area contributed by atoms with Crippen LogP contribution in [-0.2, 0) is 5.41 Å². The van der Waals surface area contributed by atoms with Crippen molar-refractivity contribution in [2.45, 2.75) is 75.5 Å². The van der Waals surface area contributed by atoms with Crippen LogP contribution in [0.25, 0.3) is 44.0 Å². The Morgan fingerprint density at radius 3 is 1.83 bits per heavy atom. The molecule has 0 aromatic heterocycles. The average molecular weight is 923 g/mol. The quantitative estimate of drug-likeness (QED) is 0.121. The number of allylic oxidation sites excluding steroid dienone is 8. The number of para-hydroxylation sites is 3. The molecule has 1 atom stereocenters. The fourth-order valence-corrected chi connectivity index (χ4v) is 25.9. The first kappa shape index (κ1) is 41.3. The molecule has 2 nitrogen and oxygen atoms in total. The van der Waals surface area contributed by atoms with Gasteiger partial charge in [0.1, 0.15) is 16.1 Å². The highest BCUT2D eigenvalue weighted by molar-refractivity contribution is 7.05. The zero-order valence-corrected chi connectivity index (χ0v) is 42.0. The van der Waals surface area contributed by atoms with Gasteiger partial charge in [0, 0.05) is 39.2 Å². The zero-order chi connectivity index (χ0) is 46.2. The van der Waals surface area contributed by atoms with Crippen molar-refractivity contribution < 1.29 is 0 Å². The summed E-state index contributed by atoms with van der Waals surface area (Å²) >= 11 is 0. The summed E-state index contributed by atoms with van der Waals surface area (Å²) in [6.07, 6.45) is 20.6. The molecular formula is C65H58N2Si2. The van der Waals surface area contributed by atoms with E-state index in [0.717, 1.165) is 6.42 Å². The number of fused-ring (bicyclic) bond motifs is 9. The third-order valence-corrected chi connectivity index (χ3v) is 28.6. The van der Waals surface area contributed by atoms with Crippen LogP contribution in [-0.4, -0.2) is 16.1 Å². The molecule has 0 radical (unpaired) electrons. The largest absolute Gasteiger partial charge is 0.311 e. The third kappa shape index (κ3) is 5.65. The summed E-state index contributed by atoms with van der Waals surface area (Å²) in [5.74, 6) is 0.310. The Morgan fingerprint density at radius 2 is 1.16 bits per heavy atom. The molecule has 0 bridgehead atoms. The molecule has 2 fully saturated rings. The van der Waals surface area contributed by atoms with Crippen molar-refractivity contribution in [3.05, 3.63) is 216 Å². The van der Waals surface area contributed by atoms with Gasteiger partial charge in [-0.1, -0.05) is 186 Å². The first-order valence-electron chi connectivity index (χ1n) is 25.7. The first-order valence-corrected chi connectivity index (χ1v) is 30.5. The first-order chi connectivity index (χ1) is 33.8. The van der Waals surface area contributed by atoms with Gasteiger partial charge in [0.25, 0.3) is 0 Å². The highest BCUT2D eigenvalue weighted by Crippen LogP contribution is 2.55. The van der Waals surface area contributed by atoms with Gasteiger partial charge >= 0.3 is 0 Å². The van der Waals surface area contributed by atoms with Crippen LogP contribution >= 0.6 is 0 Å². The molecule has 1 unspecified atom stereocenters. The lowest BCUT2D eigenvalue weighted by Crippen LogP contribution is -2.60. The van der Waals surface area contributed by atoms with Gasteiger partial charge in [-0.3, -0.25) is 0 Å². The molecule has 4 heteroatoms. The number of hydrogen-bond donors (Lipinski definition) is 0. The second kappa shape index (κ2) is 15.1.